The minimum Gasteiger partial charge on any atom is -0.507 e. The first-order chi connectivity index (χ1) is 54.6. The quantitative estimate of drug-likeness (QED) is 0.0438. The first-order valence-corrected chi connectivity index (χ1v) is 37.8. The molecule has 0 radical (unpaired) electrons. The standard InChI is InChI=1S/C76H91Cl2N11O26/c1-30(2)19-42(80-6)67(100)87-57-59(95)34-12-15-46(40(77)21-34)110-48-23-36-24-49(64(48)114-74-65(63(99)62(98)50(29-90)112-74)113-52-27-76(5)66(31(3)109-52)115-75(108)89-76)111-47-16-13-35(22-41(47)78)60(96)58-72(105)86-56(73(106)107)38-25-45(93)39(28-81-17-9-7-8-10-18-82-32(4)91)61(97)53(38)37-20-33(11-14-44(37)92)54(69(102)88-58)85-70(103)55(36)84-68(101)43(26-51(79)94)83-71(57)104/h11-16,20-25,30-31,42-43,50,52,54-60,62-63,65-66,74,80-81,90,92-93,95-99H,7-10,17-19,26-29H2,1-6H3,(H2,79,94)(H,82,91)(H,83,104)(H,84,101)(H,85,103)(H,86,105)(H,87,100)(H,88,102)(H,89,108)(H,106,107)/t31-,42+,43-,50+,52-,54+,55+,56-,57+,58-,59+,60+,62+,63-,65+,66+,74-,76-/m0/s1. The molecule has 0 spiro atoms. The maximum Gasteiger partial charge on any atom is 0.408 e. The van der Waals surface area contributed by atoms with Crippen LogP contribution < -0.4 is 73.1 Å². The first kappa shape index (κ1) is 85.5. The lowest BCUT2D eigenvalue weighted by Crippen LogP contribution is -2.63. The normalized spacial score (nSPS) is 27.6. The van der Waals surface area contributed by atoms with Crippen LogP contribution in [0.1, 0.15) is 143 Å². The third-order valence-corrected chi connectivity index (χ3v) is 21.1. The molecule has 39 heteroatoms. The lowest BCUT2D eigenvalue weighted by molar-refractivity contribution is -0.332. The van der Waals surface area contributed by atoms with Gasteiger partial charge in [-0.25, -0.2) is 9.59 Å². The Morgan fingerprint density at radius 2 is 1.34 bits per heavy atom. The average molecular weight is 1650 g/mol. The summed E-state index contributed by atoms with van der Waals surface area (Å²) in [6, 6.07) is -1.54. The van der Waals surface area contributed by atoms with Crippen molar-refractivity contribution in [1.82, 2.24) is 53.2 Å². The monoisotopic (exact) mass is 1640 g/mol. The number of aliphatic hydroxyl groups excluding tert-OH is 5. The molecule has 11 bridgehead atoms. The fraction of sp³-hybridized carbons (Fsp3) is 0.474. The second-order valence-electron chi connectivity index (χ2n) is 29.5. The van der Waals surface area contributed by atoms with E-state index in [0.717, 1.165) is 67.1 Å². The smallest absolute Gasteiger partial charge is 0.408 e. The van der Waals surface area contributed by atoms with Crippen LogP contribution in [0.4, 0.5) is 4.79 Å². The zero-order valence-corrected chi connectivity index (χ0v) is 64.4. The van der Waals surface area contributed by atoms with E-state index in [4.69, 9.17) is 62.1 Å². The summed E-state index contributed by atoms with van der Waals surface area (Å²) in [7, 11) is 1.47. The van der Waals surface area contributed by atoms with Crippen molar-refractivity contribution in [1.29, 1.82) is 0 Å². The molecule has 18 atom stereocenters. The van der Waals surface area contributed by atoms with Crippen LogP contribution in [-0.2, 0) is 68.6 Å². The molecular weight excluding hydrogens is 1550 g/mol. The number of rotatable bonds is 22. The molecule has 620 valence electrons. The molecule has 0 saturated carbocycles. The van der Waals surface area contributed by atoms with Gasteiger partial charge < -0.3 is 138 Å². The van der Waals surface area contributed by atoms with Crippen molar-refractivity contribution in [3.8, 4) is 57.1 Å². The largest absolute Gasteiger partial charge is 0.507 e. The van der Waals surface area contributed by atoms with Crippen molar-refractivity contribution in [2.24, 2.45) is 11.7 Å². The molecule has 13 rings (SSSR count). The Hall–Kier alpha value is -10.4. The van der Waals surface area contributed by atoms with Gasteiger partial charge in [0.15, 0.2) is 36.0 Å². The number of carbonyl (C=O) groups is 10. The number of amides is 9. The highest BCUT2D eigenvalue weighted by atomic mass is 35.5. The number of benzene rings is 5. The maximum absolute atomic E-state index is 16.3. The number of nitrogens with one attached hydrogen (secondary N) is 10. The summed E-state index contributed by atoms with van der Waals surface area (Å²) < 4.78 is 44.5. The number of ether oxygens (including phenoxy) is 7. The number of alkyl carbamates (subject to hydrolysis) is 1. The van der Waals surface area contributed by atoms with E-state index in [1.807, 2.05) is 13.8 Å². The summed E-state index contributed by atoms with van der Waals surface area (Å²) in [6.07, 6.45) is -16.2. The molecule has 37 nitrogen and oxygen atoms in total. The van der Waals surface area contributed by atoms with E-state index in [0.29, 0.717) is 32.4 Å². The van der Waals surface area contributed by atoms with Crippen molar-refractivity contribution in [2.45, 2.75) is 195 Å². The number of hydrogen-bond donors (Lipinski definition) is 20. The van der Waals surface area contributed by atoms with Crippen LogP contribution in [0.15, 0.2) is 72.8 Å². The number of carboxylic acids is 1. The molecule has 0 unspecified atom stereocenters. The van der Waals surface area contributed by atoms with Crippen LogP contribution in [0.3, 0.4) is 0 Å². The van der Waals surface area contributed by atoms with Gasteiger partial charge >= 0.3 is 12.1 Å². The molecule has 5 aromatic carbocycles. The van der Waals surface area contributed by atoms with Crippen LogP contribution in [0.5, 0.6) is 46.0 Å². The molecule has 0 aromatic heterocycles. The van der Waals surface area contributed by atoms with Crippen molar-refractivity contribution in [3.63, 3.8) is 0 Å². The number of carbonyl (C=O) groups excluding carboxylic acids is 9. The minimum atomic E-state index is -2.38. The van der Waals surface area contributed by atoms with Gasteiger partial charge in [-0.05, 0) is 129 Å². The van der Waals surface area contributed by atoms with Crippen molar-refractivity contribution < 1.29 is 127 Å². The number of aliphatic carboxylic acids is 1. The first-order valence-electron chi connectivity index (χ1n) is 37.0. The zero-order valence-electron chi connectivity index (χ0n) is 62.9. The molecule has 8 aliphatic rings. The minimum absolute atomic E-state index is 0.111. The number of aliphatic hydroxyl groups is 5. The third kappa shape index (κ3) is 19.1. The Bertz CT molecular complexity index is 4580. The number of phenols is 3. The topological polar surface area (TPSA) is 564 Å². The third-order valence-electron chi connectivity index (χ3n) is 20.5. The van der Waals surface area contributed by atoms with Gasteiger partial charge in [0.25, 0.3) is 0 Å². The van der Waals surface area contributed by atoms with Gasteiger partial charge in [-0.1, -0.05) is 68.1 Å². The molecule has 21 N–H and O–H groups in total. The maximum atomic E-state index is 16.3. The number of primary amides is 1. The molecule has 0 aliphatic carbocycles. The summed E-state index contributed by atoms with van der Waals surface area (Å²) in [4.78, 5) is 143. The number of hydrogen-bond acceptors (Lipinski definition) is 27. The van der Waals surface area contributed by atoms with Gasteiger partial charge in [-0.3, -0.25) is 38.4 Å². The van der Waals surface area contributed by atoms with Crippen LogP contribution in [0.25, 0.3) is 11.1 Å². The zero-order chi connectivity index (χ0) is 83.3. The van der Waals surface area contributed by atoms with Gasteiger partial charge in [0, 0.05) is 43.1 Å². The predicted molar refractivity (Wildman–Crippen MR) is 401 cm³/mol. The van der Waals surface area contributed by atoms with E-state index >= 15 is 19.2 Å². The Balaban J connectivity index is 1.12. The lowest BCUT2D eigenvalue weighted by atomic mass is 9.86. The Morgan fingerprint density at radius 1 is 0.713 bits per heavy atom. The van der Waals surface area contributed by atoms with E-state index in [9.17, 15) is 74.7 Å². The molecule has 5 aromatic rings. The highest BCUT2D eigenvalue weighted by molar-refractivity contribution is 6.32. The Kier molecular flexibility index (Phi) is 26.9. The van der Waals surface area contributed by atoms with Crippen LogP contribution in [-0.4, -0.2) is 211 Å². The van der Waals surface area contributed by atoms with E-state index < -0.39 is 243 Å². The molecule has 3 fully saturated rings. The molecule has 8 heterocycles. The number of halogens is 2. The number of nitrogens with two attached hydrogens (primary N) is 1. The molecule has 8 aliphatic heterocycles. The average Bonchev–Trinajstić information content (AvgIpc) is 1.28. The second-order valence-corrected chi connectivity index (χ2v) is 30.3. The van der Waals surface area contributed by atoms with Gasteiger partial charge in [-0.2, -0.15) is 0 Å². The van der Waals surface area contributed by atoms with Crippen LogP contribution >= 0.6 is 23.2 Å². The number of aromatic hydroxyl groups is 3. The fourth-order valence-corrected chi connectivity index (χ4v) is 15.1. The lowest BCUT2D eigenvalue weighted by Gasteiger charge is -2.46. The summed E-state index contributed by atoms with van der Waals surface area (Å²) >= 11 is 14.3. The van der Waals surface area contributed by atoms with Crippen molar-refractivity contribution in [3.05, 3.63) is 116 Å². The number of fused-ring (bicyclic) bond motifs is 16. The van der Waals surface area contributed by atoms with E-state index in [-0.39, 0.29) is 64.2 Å². The molecule has 3 saturated heterocycles. The molecule has 9 amide bonds. The highest BCUT2D eigenvalue weighted by Gasteiger charge is 2.56. The SMILES string of the molecule is CN[C@H](CC(C)C)C(=O)N[C@H]1C(=O)N[C@@H](CC(N)=O)C(=O)N[C@H]2C(=O)N[C@H]3C(=O)N[C@H](C(=O)N[C@H](C(=O)O)c4cc(O)c(CNCCCCCCNC(C)=O)c(O)c4-c4cc3ccc4O)[C@H](O)c3ccc(c(Cl)c3)Oc3cc2cc(c3O[C@@H]2O[C@H](CO)[C@@H](O)[C@H](O)[C@H]2O[C@H]2C[C@]3(C)NC(=O)O[C@@H]3[C@H](C)O2)Oc2ccc(cc2Cl)[C@H]1O. The summed E-state index contributed by atoms with van der Waals surface area (Å²) in [5, 5.41) is 132. The number of unbranched alkanes of at least 4 members (excludes halogenated alkanes) is 3. The highest BCUT2D eigenvalue weighted by Crippen LogP contribution is 2.51. The number of carboxylic acid groups (broad SMARTS) is 1. The molecule has 115 heavy (non-hydrogen) atoms. The van der Waals surface area contributed by atoms with Crippen molar-refractivity contribution in [2.75, 3.05) is 26.7 Å². The number of likely N-dealkylation sites (N-methyl/N-ethyl adjacent to an activating group) is 1. The summed E-state index contributed by atoms with van der Waals surface area (Å²) in [5.74, 6) is -16.3. The van der Waals surface area contributed by atoms with Gasteiger partial charge in [0.1, 0.15) is 89.5 Å². The predicted octanol–water partition coefficient (Wildman–Crippen LogP) is 1.68. The van der Waals surface area contributed by atoms with E-state index in [2.05, 4.69) is 53.2 Å². The van der Waals surface area contributed by atoms with E-state index in [1.165, 1.54) is 26.1 Å². The molecular formula is C76H91Cl2N11O26. The van der Waals surface area contributed by atoms with Gasteiger partial charge in [0.2, 0.25) is 59.3 Å². The fourth-order valence-electron chi connectivity index (χ4n) is 14.6. The Morgan fingerprint density at radius 3 is 1.96 bits per heavy atom. The number of phenolic OH excluding ortho intramolecular Hbond substituents is 3. The van der Waals surface area contributed by atoms with Gasteiger partial charge in [-0.15, -0.1) is 0 Å². The second kappa shape index (κ2) is 36.2. The Labute approximate surface area is 666 Å². The van der Waals surface area contributed by atoms with Crippen molar-refractivity contribution >= 4 is 82.5 Å². The van der Waals surface area contributed by atoms with Crippen LogP contribution in [0, 0.1) is 5.92 Å². The summed E-state index contributed by atoms with van der Waals surface area (Å²) in [6.45, 7) is 7.74. The summed E-state index contributed by atoms with van der Waals surface area (Å²) in [5.41, 5.74) is 1.46. The van der Waals surface area contributed by atoms with Gasteiger partial charge in [0.05, 0.1) is 46.3 Å². The van der Waals surface area contributed by atoms with E-state index in [1.54, 1.807) is 13.8 Å². The van der Waals surface area contributed by atoms with Crippen LogP contribution in [0.2, 0.25) is 10.0 Å².